The van der Waals surface area contributed by atoms with Crippen molar-refractivity contribution in [2.45, 2.75) is 19.3 Å². The standard InChI is InChI=1S/C19H8N6S3/c1-19(2)12(25-13(8-22)23-3)4-10-15(19)17-18(26-10)16-11(27-17)5-14(28-16)24-9(6-20)7-21/h4-5H,1-2H3. The fraction of sp³-hybridized carbons (Fsp3) is 0.158. The van der Waals surface area contributed by atoms with Gasteiger partial charge in [0.05, 0.1) is 19.5 Å². The molecule has 3 heterocycles. The number of nitrogens with zero attached hydrogens (tertiary/aromatic N) is 6. The number of hydrogen-bond acceptors (Lipinski definition) is 8. The van der Waals surface area contributed by atoms with E-state index >= 15 is 0 Å². The van der Waals surface area contributed by atoms with Gasteiger partial charge in [-0.3, -0.25) is 0 Å². The molecule has 3 aromatic heterocycles. The summed E-state index contributed by atoms with van der Waals surface area (Å²) in [6.45, 7) is 11.2. The van der Waals surface area contributed by atoms with Crippen molar-refractivity contribution >= 4 is 75.4 Å². The van der Waals surface area contributed by atoms with Gasteiger partial charge in [-0.25, -0.2) is 10.3 Å². The lowest BCUT2D eigenvalue weighted by molar-refractivity contribution is 0.641. The minimum absolute atomic E-state index is 0.154. The largest absolute Gasteiger partial charge is 0.351 e. The average molecular weight is 417 g/mol. The number of thiophene rings is 3. The van der Waals surface area contributed by atoms with Crippen molar-refractivity contribution in [1.29, 1.82) is 15.8 Å². The van der Waals surface area contributed by atoms with Gasteiger partial charge in [0.25, 0.3) is 0 Å². The highest BCUT2D eigenvalue weighted by molar-refractivity contribution is 7.39. The molecule has 4 rings (SSSR count). The molecule has 6 nitrogen and oxygen atoms in total. The number of fused-ring (bicyclic) bond motifs is 5. The maximum atomic E-state index is 9.02. The summed E-state index contributed by atoms with van der Waals surface area (Å²) in [7, 11) is 0. The first-order valence-electron chi connectivity index (χ1n) is 7.89. The molecule has 0 fully saturated rings. The van der Waals surface area contributed by atoms with Gasteiger partial charge in [0, 0.05) is 21.2 Å². The van der Waals surface area contributed by atoms with Gasteiger partial charge in [0.15, 0.2) is 0 Å². The van der Waals surface area contributed by atoms with Gasteiger partial charge >= 0.3 is 5.84 Å². The summed E-state index contributed by atoms with van der Waals surface area (Å²) >= 11 is 4.77. The Hall–Kier alpha value is -3.34. The van der Waals surface area contributed by atoms with Crippen molar-refractivity contribution in [1.82, 2.24) is 0 Å². The molecule has 28 heavy (non-hydrogen) atoms. The second kappa shape index (κ2) is 6.37. The van der Waals surface area contributed by atoms with Crippen LogP contribution in [0.1, 0.15) is 24.3 Å². The van der Waals surface area contributed by atoms with Crippen molar-refractivity contribution in [3.05, 3.63) is 33.6 Å². The zero-order chi connectivity index (χ0) is 20.1. The van der Waals surface area contributed by atoms with Crippen LogP contribution in [0.25, 0.3) is 29.7 Å². The van der Waals surface area contributed by atoms with E-state index < -0.39 is 5.41 Å². The summed E-state index contributed by atoms with van der Waals surface area (Å²) < 4.78 is 4.49. The average Bonchev–Trinajstić information content (AvgIpc) is 3.36. The van der Waals surface area contributed by atoms with Crippen molar-refractivity contribution < 1.29 is 0 Å². The summed E-state index contributed by atoms with van der Waals surface area (Å²) in [5.74, 6) is -0.161. The zero-order valence-corrected chi connectivity index (χ0v) is 17.0. The molecule has 0 N–H and O–H groups in total. The van der Waals surface area contributed by atoms with E-state index in [0.717, 1.165) is 24.7 Å². The second-order valence-corrected chi connectivity index (χ2v) is 9.51. The Kier molecular flexibility index (Phi) is 4.11. The lowest BCUT2D eigenvalue weighted by atomic mass is 9.86. The van der Waals surface area contributed by atoms with E-state index in [0.29, 0.717) is 5.00 Å². The second-order valence-electron chi connectivity index (χ2n) is 6.38. The Morgan fingerprint density at radius 1 is 1.04 bits per heavy atom. The van der Waals surface area contributed by atoms with Gasteiger partial charge in [0.1, 0.15) is 28.9 Å². The van der Waals surface area contributed by atoms with Crippen LogP contribution in [0.5, 0.6) is 0 Å². The van der Waals surface area contributed by atoms with E-state index in [1.165, 1.54) is 21.6 Å². The van der Waals surface area contributed by atoms with E-state index in [-0.39, 0.29) is 11.5 Å². The van der Waals surface area contributed by atoms with Crippen LogP contribution in [0.15, 0.2) is 21.7 Å². The molecule has 1 aliphatic rings. The lowest BCUT2D eigenvalue weighted by Gasteiger charge is -2.17. The van der Waals surface area contributed by atoms with Crippen LogP contribution < -0.4 is 0 Å². The third kappa shape index (κ3) is 2.54. The van der Waals surface area contributed by atoms with Gasteiger partial charge in [-0.2, -0.15) is 10.5 Å². The van der Waals surface area contributed by atoms with E-state index in [1.807, 2.05) is 18.2 Å². The number of aliphatic imine (C=N–C) groups is 2. The summed E-state index contributed by atoms with van der Waals surface area (Å²) in [6.07, 6.45) is 1.96. The highest BCUT2D eigenvalue weighted by Crippen LogP contribution is 2.55. The minimum atomic E-state index is -0.400. The number of allylic oxidation sites excluding steroid dienone is 1. The fourth-order valence-corrected chi connectivity index (χ4v) is 7.50. The summed E-state index contributed by atoms with van der Waals surface area (Å²) in [4.78, 5) is 12.6. The Morgan fingerprint density at radius 2 is 1.79 bits per heavy atom. The highest BCUT2D eigenvalue weighted by Gasteiger charge is 2.40. The van der Waals surface area contributed by atoms with E-state index in [2.05, 4.69) is 28.7 Å². The predicted octanol–water partition coefficient (Wildman–Crippen LogP) is 5.77. The Labute approximate surface area is 172 Å². The molecule has 0 spiro atoms. The van der Waals surface area contributed by atoms with Gasteiger partial charge < -0.3 is 4.85 Å². The first-order chi connectivity index (χ1) is 13.4. The zero-order valence-electron chi connectivity index (χ0n) is 14.6. The molecule has 0 aliphatic heterocycles. The van der Waals surface area contributed by atoms with E-state index in [1.54, 1.807) is 34.8 Å². The summed E-state index contributed by atoms with van der Waals surface area (Å²) in [5, 5.41) is 27.5. The van der Waals surface area contributed by atoms with Crippen LogP contribution in [-0.4, -0.2) is 11.5 Å². The Bertz CT molecular complexity index is 1400. The molecule has 0 aromatic carbocycles. The molecule has 1 aliphatic carbocycles. The molecule has 9 heteroatoms. The van der Waals surface area contributed by atoms with Crippen LogP contribution in [0.4, 0.5) is 5.00 Å². The van der Waals surface area contributed by atoms with Gasteiger partial charge in [-0.15, -0.1) is 39.0 Å². The maximum Gasteiger partial charge on any atom is 0.349 e. The molecule has 132 valence electrons. The summed E-state index contributed by atoms with van der Waals surface area (Å²) in [6, 6.07) is 7.30. The predicted molar refractivity (Wildman–Crippen MR) is 114 cm³/mol. The number of rotatable bonds is 2. The monoisotopic (exact) mass is 416 g/mol. The molecule has 0 amide bonds. The number of nitriles is 3. The third-order valence-electron chi connectivity index (χ3n) is 4.39. The molecular weight excluding hydrogens is 408 g/mol. The number of hydrogen-bond donors (Lipinski definition) is 0. The van der Waals surface area contributed by atoms with E-state index in [9.17, 15) is 0 Å². The van der Waals surface area contributed by atoms with Crippen molar-refractivity contribution in [3.8, 4) is 18.2 Å². The van der Waals surface area contributed by atoms with Crippen molar-refractivity contribution in [3.63, 3.8) is 0 Å². The lowest BCUT2D eigenvalue weighted by Crippen LogP contribution is -2.16. The van der Waals surface area contributed by atoms with Crippen LogP contribution in [0.2, 0.25) is 0 Å². The molecular formula is C19H8N6S3. The van der Waals surface area contributed by atoms with Crippen LogP contribution in [0.3, 0.4) is 0 Å². The van der Waals surface area contributed by atoms with Gasteiger partial charge in [0.2, 0.25) is 5.71 Å². The first kappa shape index (κ1) is 18.0. The minimum Gasteiger partial charge on any atom is -0.351 e. The number of amidine groups is 1. The van der Waals surface area contributed by atoms with Crippen molar-refractivity contribution in [2.24, 2.45) is 9.98 Å². The Morgan fingerprint density at radius 3 is 2.43 bits per heavy atom. The molecule has 0 saturated heterocycles. The van der Waals surface area contributed by atoms with Crippen molar-refractivity contribution in [2.75, 3.05) is 0 Å². The Balaban J connectivity index is 1.88. The molecule has 0 radical (unpaired) electrons. The molecule has 0 atom stereocenters. The molecule has 0 unspecified atom stereocenters. The third-order valence-corrected chi connectivity index (χ3v) is 8.14. The topological polar surface area (TPSA) is 100 Å². The van der Waals surface area contributed by atoms with Crippen LogP contribution in [-0.2, 0) is 5.41 Å². The molecule has 3 aromatic rings. The highest BCUT2D eigenvalue weighted by atomic mass is 32.1. The quantitative estimate of drug-likeness (QED) is 0.301. The maximum absolute atomic E-state index is 9.02. The van der Waals surface area contributed by atoms with Crippen LogP contribution in [0, 0.1) is 40.6 Å². The molecule has 0 saturated carbocycles. The van der Waals surface area contributed by atoms with Gasteiger partial charge in [-0.05, 0) is 19.9 Å². The van der Waals surface area contributed by atoms with Crippen LogP contribution >= 0.6 is 34.0 Å². The fourth-order valence-electron chi connectivity index (χ4n) is 3.11. The smallest absolute Gasteiger partial charge is 0.349 e. The molecule has 0 bridgehead atoms. The normalized spacial score (nSPS) is 14.6. The van der Waals surface area contributed by atoms with E-state index in [4.69, 9.17) is 22.4 Å². The SMILES string of the molecule is [C-]#[N+]C(C#N)=NC1=Cc2sc3c(sc4cc(N=C(C#N)C#N)sc43)c2C1(C)C. The first-order valence-corrected chi connectivity index (χ1v) is 10.3. The van der Waals surface area contributed by atoms with Gasteiger partial charge in [-0.1, -0.05) is 6.57 Å². The summed E-state index contributed by atoms with van der Waals surface area (Å²) in [5.41, 5.74) is 1.33.